The van der Waals surface area contributed by atoms with Crippen LogP contribution in [-0.2, 0) is 16.9 Å². The quantitative estimate of drug-likeness (QED) is 0.571. The Bertz CT molecular complexity index is 823. The topological polar surface area (TPSA) is 74.1 Å². The van der Waals surface area contributed by atoms with E-state index in [1.807, 2.05) is 11.6 Å². The summed E-state index contributed by atoms with van der Waals surface area (Å²) in [5, 5.41) is 8.96. The first kappa shape index (κ1) is 17.2. The number of halogens is 1. The lowest BCUT2D eigenvalue weighted by atomic mass is 10.1. The zero-order valence-corrected chi connectivity index (χ0v) is 14.8. The summed E-state index contributed by atoms with van der Waals surface area (Å²) in [5.74, 6) is 1.40. The van der Waals surface area contributed by atoms with Crippen LogP contribution in [0.1, 0.15) is 18.2 Å². The van der Waals surface area contributed by atoms with Crippen LogP contribution in [-0.4, -0.2) is 47.0 Å². The van der Waals surface area contributed by atoms with Crippen molar-refractivity contribution in [3.8, 4) is 5.75 Å². The minimum Gasteiger partial charge on any atom is -0.490 e. The predicted octanol–water partition coefficient (Wildman–Crippen LogP) is 2.03. The molecule has 9 heteroatoms. The Labute approximate surface area is 144 Å². The van der Waals surface area contributed by atoms with Crippen molar-refractivity contribution in [2.24, 2.45) is 7.05 Å². The fourth-order valence-corrected chi connectivity index (χ4v) is 5.13. The molecule has 3 rings (SSSR count). The number of ether oxygens (including phenoxy) is 1. The summed E-state index contributed by atoms with van der Waals surface area (Å²) in [4.78, 5) is 0. The van der Waals surface area contributed by atoms with E-state index in [-0.39, 0.29) is 29.0 Å². The van der Waals surface area contributed by atoms with Crippen molar-refractivity contribution in [2.45, 2.75) is 17.5 Å². The maximum absolute atomic E-state index is 13.4. The molecule has 0 bridgehead atoms. The average molecular weight is 371 g/mol. The molecule has 0 amide bonds. The van der Waals surface area contributed by atoms with E-state index >= 15 is 0 Å². The zero-order chi connectivity index (χ0) is 17.2. The van der Waals surface area contributed by atoms with Crippen LogP contribution in [0.3, 0.4) is 0 Å². The van der Waals surface area contributed by atoms with Gasteiger partial charge in [0.05, 0.1) is 18.1 Å². The molecule has 6 nitrogen and oxygen atoms in total. The predicted molar refractivity (Wildman–Crippen MR) is 89.6 cm³/mol. The van der Waals surface area contributed by atoms with Gasteiger partial charge in [0.2, 0.25) is 0 Å². The summed E-state index contributed by atoms with van der Waals surface area (Å²) in [5.41, 5.74) is 0. The van der Waals surface area contributed by atoms with E-state index in [0.29, 0.717) is 29.8 Å². The van der Waals surface area contributed by atoms with Gasteiger partial charge in [-0.05, 0) is 18.6 Å². The van der Waals surface area contributed by atoms with Gasteiger partial charge in [0.25, 0.3) is 0 Å². The summed E-state index contributed by atoms with van der Waals surface area (Å²) in [7, 11) is -1.12. The maximum atomic E-state index is 13.4. The third-order valence-corrected chi connectivity index (χ3v) is 6.63. The van der Waals surface area contributed by atoms with Crippen molar-refractivity contribution < 1.29 is 17.5 Å². The molecule has 1 aromatic heterocycles. The van der Waals surface area contributed by atoms with Gasteiger partial charge in [0.1, 0.15) is 5.82 Å². The second-order valence-corrected chi connectivity index (χ2v) is 8.92. The Balaban J connectivity index is 1.54. The molecule has 1 aromatic carbocycles. The lowest BCUT2D eigenvalue weighted by Crippen LogP contribution is -2.09. The number of sulfone groups is 1. The van der Waals surface area contributed by atoms with Crippen molar-refractivity contribution in [3.63, 3.8) is 0 Å². The Morgan fingerprint density at radius 1 is 1.38 bits per heavy atom. The Hall–Kier alpha value is -1.61. The lowest BCUT2D eigenvalue weighted by Gasteiger charge is -2.08. The van der Waals surface area contributed by atoms with Crippen molar-refractivity contribution in [1.82, 2.24) is 14.8 Å². The van der Waals surface area contributed by atoms with Gasteiger partial charge in [-0.15, -0.1) is 10.2 Å². The minimum absolute atomic E-state index is 0.0866. The van der Waals surface area contributed by atoms with E-state index in [9.17, 15) is 12.8 Å². The van der Waals surface area contributed by atoms with Crippen LogP contribution in [0.4, 0.5) is 4.39 Å². The molecule has 2 aromatic rings. The maximum Gasteiger partial charge on any atom is 0.191 e. The molecule has 2 heterocycles. The molecule has 24 heavy (non-hydrogen) atoms. The molecule has 1 saturated heterocycles. The third kappa shape index (κ3) is 3.89. The van der Waals surface area contributed by atoms with E-state index in [0.717, 1.165) is 0 Å². The number of thioether (sulfide) groups is 1. The molecule has 1 fully saturated rings. The Morgan fingerprint density at radius 3 is 2.88 bits per heavy atom. The average Bonchev–Trinajstić information content (AvgIpc) is 3.08. The number of rotatable bonds is 6. The molecule has 1 atom stereocenters. The van der Waals surface area contributed by atoms with Crippen LogP contribution in [0.15, 0.2) is 29.4 Å². The molecule has 0 saturated carbocycles. The molecule has 0 N–H and O–H groups in total. The number of hydrogen-bond donors (Lipinski definition) is 0. The highest BCUT2D eigenvalue weighted by molar-refractivity contribution is 7.99. The smallest absolute Gasteiger partial charge is 0.191 e. The summed E-state index contributed by atoms with van der Waals surface area (Å²) in [6.45, 7) is 0.339. The van der Waals surface area contributed by atoms with Crippen LogP contribution < -0.4 is 4.74 Å². The Morgan fingerprint density at radius 2 is 2.17 bits per heavy atom. The largest absolute Gasteiger partial charge is 0.490 e. The molecule has 0 radical (unpaired) electrons. The first-order chi connectivity index (χ1) is 11.5. The standard InChI is InChI=1S/C15H18FN3O3S2/c1-19-14(11-6-9-24(20,21)10-11)17-18-15(19)23-8-7-22-13-5-3-2-4-12(13)16/h2-5,11H,6-10H2,1H3/t11-/m0/s1. The third-order valence-electron chi connectivity index (χ3n) is 3.87. The first-order valence-corrected chi connectivity index (χ1v) is 10.4. The fraction of sp³-hybridized carbons (Fsp3) is 0.467. The molecular weight excluding hydrogens is 353 g/mol. The molecule has 0 aliphatic carbocycles. The van der Waals surface area contributed by atoms with Gasteiger partial charge >= 0.3 is 0 Å². The van der Waals surface area contributed by atoms with Crippen LogP contribution in [0, 0.1) is 5.82 Å². The number of para-hydroxylation sites is 1. The number of benzene rings is 1. The molecule has 0 spiro atoms. The number of nitrogens with zero attached hydrogens (tertiary/aromatic N) is 3. The van der Waals surface area contributed by atoms with Crippen molar-refractivity contribution >= 4 is 21.6 Å². The second-order valence-electron chi connectivity index (χ2n) is 5.63. The van der Waals surface area contributed by atoms with E-state index in [1.165, 1.54) is 17.8 Å². The summed E-state index contributed by atoms with van der Waals surface area (Å²) >= 11 is 1.44. The highest BCUT2D eigenvalue weighted by Crippen LogP contribution is 2.29. The Kier molecular flexibility index (Phi) is 5.09. The van der Waals surface area contributed by atoms with Gasteiger partial charge in [-0.1, -0.05) is 23.9 Å². The number of hydrogen-bond acceptors (Lipinski definition) is 6. The second kappa shape index (κ2) is 7.10. The van der Waals surface area contributed by atoms with Crippen molar-refractivity contribution in [1.29, 1.82) is 0 Å². The van der Waals surface area contributed by atoms with Gasteiger partial charge in [0.15, 0.2) is 26.6 Å². The summed E-state index contributed by atoms with van der Waals surface area (Å²) in [6.07, 6.45) is 0.593. The summed E-state index contributed by atoms with van der Waals surface area (Å²) in [6, 6.07) is 6.27. The van der Waals surface area contributed by atoms with Crippen molar-refractivity contribution in [3.05, 3.63) is 35.9 Å². The van der Waals surface area contributed by atoms with Crippen LogP contribution in [0.5, 0.6) is 5.75 Å². The zero-order valence-electron chi connectivity index (χ0n) is 13.2. The van der Waals surface area contributed by atoms with Gasteiger partial charge in [-0.3, -0.25) is 0 Å². The SMILES string of the molecule is Cn1c(SCCOc2ccccc2F)nnc1[C@H]1CCS(=O)(=O)C1. The van der Waals surface area contributed by atoms with E-state index < -0.39 is 9.84 Å². The van der Waals surface area contributed by atoms with E-state index in [4.69, 9.17) is 4.74 Å². The number of aromatic nitrogens is 3. The minimum atomic E-state index is -2.95. The molecule has 130 valence electrons. The van der Waals surface area contributed by atoms with E-state index in [2.05, 4.69) is 10.2 Å². The highest BCUT2D eigenvalue weighted by atomic mass is 32.2. The first-order valence-electron chi connectivity index (χ1n) is 7.56. The van der Waals surface area contributed by atoms with Gasteiger partial charge in [0, 0.05) is 18.7 Å². The van der Waals surface area contributed by atoms with Crippen LogP contribution in [0.2, 0.25) is 0 Å². The fourth-order valence-electron chi connectivity index (χ4n) is 2.65. The van der Waals surface area contributed by atoms with E-state index in [1.54, 1.807) is 18.2 Å². The highest BCUT2D eigenvalue weighted by Gasteiger charge is 2.32. The van der Waals surface area contributed by atoms with Crippen LogP contribution in [0.25, 0.3) is 0 Å². The molecule has 1 aliphatic heterocycles. The summed E-state index contributed by atoms with van der Waals surface area (Å²) < 4.78 is 43.9. The van der Waals surface area contributed by atoms with Gasteiger partial charge in [-0.25, -0.2) is 12.8 Å². The molecule has 1 aliphatic rings. The molecule has 0 unspecified atom stereocenters. The van der Waals surface area contributed by atoms with Crippen molar-refractivity contribution in [2.75, 3.05) is 23.9 Å². The lowest BCUT2D eigenvalue weighted by molar-refractivity contribution is 0.325. The van der Waals surface area contributed by atoms with Crippen LogP contribution >= 0.6 is 11.8 Å². The molecular formula is C15H18FN3O3S2. The monoisotopic (exact) mass is 371 g/mol. The van der Waals surface area contributed by atoms with Gasteiger partial charge < -0.3 is 9.30 Å². The normalized spacial score (nSPS) is 19.5. The van der Waals surface area contributed by atoms with Gasteiger partial charge in [-0.2, -0.15) is 0 Å².